The summed E-state index contributed by atoms with van der Waals surface area (Å²) in [6.07, 6.45) is 3.35. The van der Waals surface area contributed by atoms with Gasteiger partial charge in [-0.1, -0.05) is 6.92 Å². The lowest BCUT2D eigenvalue weighted by Gasteiger charge is -2.12. The first-order chi connectivity index (χ1) is 6.99. The van der Waals surface area contributed by atoms with E-state index in [1.54, 1.807) is 18.5 Å². The third kappa shape index (κ3) is 3.01. The molecule has 0 bridgehead atoms. The molecule has 1 atom stereocenters. The molecule has 2 N–H and O–H groups in total. The van der Waals surface area contributed by atoms with Crippen LogP contribution in [0.5, 0.6) is 0 Å². The Morgan fingerprint density at radius 2 is 2.33 bits per heavy atom. The third-order valence-electron chi connectivity index (χ3n) is 1.99. The normalized spacial score (nSPS) is 14.1. The Labute approximate surface area is 89.0 Å². The SMILES string of the molecule is CC[C@H](CO)NS(=O)(=O)c1cn(C)cn1. The second-order valence-electron chi connectivity index (χ2n) is 3.29. The number of nitrogens with zero attached hydrogens (tertiary/aromatic N) is 2. The molecule has 0 radical (unpaired) electrons. The van der Waals surface area contributed by atoms with Gasteiger partial charge in [0.2, 0.25) is 0 Å². The average molecular weight is 233 g/mol. The highest BCUT2D eigenvalue weighted by atomic mass is 32.2. The number of aliphatic hydroxyl groups is 1. The van der Waals surface area contributed by atoms with Crippen LogP contribution in [0.1, 0.15) is 13.3 Å². The number of hydrogen-bond acceptors (Lipinski definition) is 4. The molecule has 0 aliphatic carbocycles. The summed E-state index contributed by atoms with van der Waals surface area (Å²) >= 11 is 0. The van der Waals surface area contributed by atoms with Crippen LogP contribution in [0.3, 0.4) is 0 Å². The van der Waals surface area contributed by atoms with E-state index in [-0.39, 0.29) is 11.6 Å². The Bertz CT molecular complexity index is 409. The van der Waals surface area contributed by atoms with Crippen molar-refractivity contribution in [1.29, 1.82) is 0 Å². The van der Waals surface area contributed by atoms with E-state index in [0.717, 1.165) is 0 Å². The fraction of sp³-hybridized carbons (Fsp3) is 0.625. The molecule has 1 aromatic heterocycles. The molecule has 0 unspecified atom stereocenters. The van der Waals surface area contributed by atoms with Gasteiger partial charge in [0.25, 0.3) is 10.0 Å². The van der Waals surface area contributed by atoms with Gasteiger partial charge in [0.15, 0.2) is 5.03 Å². The predicted molar refractivity (Wildman–Crippen MR) is 54.7 cm³/mol. The maximum atomic E-state index is 11.7. The molecule has 0 aliphatic heterocycles. The number of hydrogen-bond donors (Lipinski definition) is 2. The average Bonchev–Trinajstić information content (AvgIpc) is 2.62. The van der Waals surface area contributed by atoms with Gasteiger partial charge in [0.1, 0.15) is 0 Å². The van der Waals surface area contributed by atoms with Crippen LogP contribution in [-0.2, 0) is 17.1 Å². The van der Waals surface area contributed by atoms with E-state index >= 15 is 0 Å². The Hall–Kier alpha value is -0.920. The standard InChI is InChI=1S/C8H15N3O3S/c1-3-7(5-12)10-15(13,14)8-4-11(2)6-9-8/h4,6-7,10,12H,3,5H2,1-2H3/t7-/m1/s1. The summed E-state index contributed by atoms with van der Waals surface area (Å²) in [5.74, 6) is 0. The summed E-state index contributed by atoms with van der Waals surface area (Å²) in [6, 6.07) is -0.461. The second-order valence-corrected chi connectivity index (χ2v) is 4.95. The lowest BCUT2D eigenvalue weighted by molar-refractivity contribution is 0.253. The van der Waals surface area contributed by atoms with Gasteiger partial charge in [0, 0.05) is 19.3 Å². The molecule has 0 saturated heterocycles. The van der Waals surface area contributed by atoms with Crippen molar-refractivity contribution >= 4 is 10.0 Å². The van der Waals surface area contributed by atoms with Crippen LogP contribution in [0.2, 0.25) is 0 Å². The Kier molecular flexibility index (Phi) is 3.83. The Morgan fingerprint density at radius 1 is 1.67 bits per heavy atom. The molecule has 0 fully saturated rings. The summed E-state index contributed by atoms with van der Waals surface area (Å²) in [4.78, 5) is 3.74. The highest BCUT2D eigenvalue weighted by molar-refractivity contribution is 7.89. The summed E-state index contributed by atoms with van der Waals surface area (Å²) in [5, 5.41) is 8.86. The Morgan fingerprint density at radius 3 is 2.73 bits per heavy atom. The van der Waals surface area contributed by atoms with Gasteiger partial charge in [-0.15, -0.1) is 0 Å². The number of imidazole rings is 1. The van der Waals surface area contributed by atoms with E-state index in [9.17, 15) is 8.42 Å². The first-order valence-electron chi connectivity index (χ1n) is 4.60. The van der Waals surface area contributed by atoms with Crippen molar-refractivity contribution in [3.63, 3.8) is 0 Å². The van der Waals surface area contributed by atoms with Gasteiger partial charge >= 0.3 is 0 Å². The van der Waals surface area contributed by atoms with Crippen LogP contribution < -0.4 is 4.72 Å². The lowest BCUT2D eigenvalue weighted by Crippen LogP contribution is -2.37. The van der Waals surface area contributed by atoms with Crippen LogP contribution in [0.4, 0.5) is 0 Å². The first-order valence-corrected chi connectivity index (χ1v) is 6.09. The molecule has 0 aliphatic rings. The minimum atomic E-state index is -3.60. The smallest absolute Gasteiger partial charge is 0.259 e. The molecule has 15 heavy (non-hydrogen) atoms. The minimum absolute atomic E-state index is 0.0306. The zero-order valence-corrected chi connectivity index (χ0v) is 9.53. The lowest BCUT2D eigenvalue weighted by atomic mass is 10.3. The summed E-state index contributed by atoms with van der Waals surface area (Å²) in [5.41, 5.74) is 0. The topological polar surface area (TPSA) is 84.2 Å². The number of aliphatic hydroxyl groups excluding tert-OH is 1. The maximum absolute atomic E-state index is 11.7. The van der Waals surface area contributed by atoms with Gasteiger partial charge in [-0.25, -0.2) is 18.1 Å². The molecule has 0 amide bonds. The summed E-state index contributed by atoms with van der Waals surface area (Å²) in [6.45, 7) is 1.57. The molecule has 7 heteroatoms. The number of nitrogens with one attached hydrogen (secondary N) is 1. The van der Waals surface area contributed by atoms with Gasteiger partial charge in [-0.05, 0) is 6.42 Å². The zero-order valence-electron chi connectivity index (χ0n) is 8.71. The molecule has 0 aromatic carbocycles. The van der Waals surface area contributed by atoms with Crippen LogP contribution >= 0.6 is 0 Å². The fourth-order valence-electron chi connectivity index (χ4n) is 1.06. The monoisotopic (exact) mass is 233 g/mol. The molecular weight excluding hydrogens is 218 g/mol. The molecule has 0 saturated carbocycles. The van der Waals surface area contributed by atoms with Crippen LogP contribution in [-0.4, -0.2) is 35.7 Å². The highest BCUT2D eigenvalue weighted by Gasteiger charge is 2.20. The van der Waals surface area contributed by atoms with Crippen molar-refractivity contribution in [3.8, 4) is 0 Å². The minimum Gasteiger partial charge on any atom is -0.395 e. The number of rotatable bonds is 5. The highest BCUT2D eigenvalue weighted by Crippen LogP contribution is 2.05. The van der Waals surface area contributed by atoms with Gasteiger partial charge < -0.3 is 9.67 Å². The van der Waals surface area contributed by atoms with Gasteiger partial charge in [0.05, 0.1) is 12.9 Å². The van der Waals surface area contributed by atoms with Crippen LogP contribution in [0, 0.1) is 0 Å². The van der Waals surface area contributed by atoms with Crippen molar-refractivity contribution in [2.45, 2.75) is 24.4 Å². The number of sulfonamides is 1. The largest absolute Gasteiger partial charge is 0.395 e. The zero-order chi connectivity index (χ0) is 11.5. The van der Waals surface area contributed by atoms with Crippen molar-refractivity contribution < 1.29 is 13.5 Å². The molecule has 0 spiro atoms. The molecular formula is C8H15N3O3S. The predicted octanol–water partition coefficient (Wildman–Crippen LogP) is -0.531. The van der Waals surface area contributed by atoms with Crippen LogP contribution in [0.25, 0.3) is 0 Å². The van der Waals surface area contributed by atoms with E-state index in [1.165, 1.54) is 12.5 Å². The fourth-order valence-corrected chi connectivity index (χ4v) is 2.35. The maximum Gasteiger partial charge on any atom is 0.259 e. The van der Waals surface area contributed by atoms with Crippen LogP contribution in [0.15, 0.2) is 17.6 Å². The summed E-state index contributed by atoms with van der Waals surface area (Å²) < 4.78 is 27.3. The molecule has 6 nitrogen and oxygen atoms in total. The van der Waals surface area contributed by atoms with E-state index < -0.39 is 16.1 Å². The van der Waals surface area contributed by atoms with E-state index in [0.29, 0.717) is 6.42 Å². The van der Waals surface area contributed by atoms with E-state index in [4.69, 9.17) is 5.11 Å². The van der Waals surface area contributed by atoms with Crippen molar-refractivity contribution in [1.82, 2.24) is 14.3 Å². The summed E-state index contributed by atoms with van der Waals surface area (Å²) in [7, 11) is -1.91. The third-order valence-corrected chi connectivity index (χ3v) is 3.40. The molecule has 1 rings (SSSR count). The van der Waals surface area contributed by atoms with Crippen molar-refractivity contribution in [2.24, 2.45) is 7.05 Å². The molecule has 1 heterocycles. The Balaban J connectivity index is 2.84. The molecule has 1 aromatic rings. The first kappa shape index (κ1) is 12.2. The van der Waals surface area contributed by atoms with Gasteiger partial charge in [-0.3, -0.25) is 0 Å². The van der Waals surface area contributed by atoms with Gasteiger partial charge in [-0.2, -0.15) is 0 Å². The van der Waals surface area contributed by atoms with Crippen molar-refractivity contribution in [3.05, 3.63) is 12.5 Å². The van der Waals surface area contributed by atoms with E-state index in [2.05, 4.69) is 9.71 Å². The second kappa shape index (κ2) is 4.73. The quantitative estimate of drug-likeness (QED) is 0.716. The van der Waals surface area contributed by atoms with E-state index in [1.807, 2.05) is 0 Å². The van der Waals surface area contributed by atoms with Crippen molar-refractivity contribution in [2.75, 3.05) is 6.61 Å². The molecule has 86 valence electrons. The number of aryl methyl sites for hydroxylation is 1. The number of aromatic nitrogens is 2.